The van der Waals surface area contributed by atoms with Crippen LogP contribution in [0, 0.1) is 6.92 Å². The fourth-order valence-corrected chi connectivity index (χ4v) is 5.02. The number of nitrogens with zero attached hydrogens (tertiary/aromatic N) is 2. The number of amidine groups is 1. The van der Waals surface area contributed by atoms with E-state index in [1.54, 1.807) is 18.2 Å². The van der Waals surface area contributed by atoms with Gasteiger partial charge in [0.15, 0.2) is 5.17 Å². The molecule has 28 heavy (non-hydrogen) atoms. The van der Waals surface area contributed by atoms with Crippen molar-refractivity contribution >= 4 is 46.0 Å². The van der Waals surface area contributed by atoms with Crippen LogP contribution in [0.2, 0.25) is 5.02 Å². The van der Waals surface area contributed by atoms with Gasteiger partial charge in [0.25, 0.3) is 0 Å². The molecule has 2 aliphatic rings. The van der Waals surface area contributed by atoms with Crippen LogP contribution in [0.3, 0.4) is 0 Å². The van der Waals surface area contributed by atoms with Crippen molar-refractivity contribution in [1.29, 1.82) is 0 Å². The second-order valence-corrected chi connectivity index (χ2v) is 8.84. The molecular formula is C21H26ClN3O2S. The zero-order valence-corrected chi connectivity index (χ0v) is 17.7. The first-order valence-electron chi connectivity index (χ1n) is 9.70. The maximum Gasteiger partial charge on any atom is 0.242 e. The minimum Gasteiger partial charge on any atom is -0.326 e. The maximum atomic E-state index is 13.1. The molecule has 7 heteroatoms. The Morgan fingerprint density at radius 2 is 2.14 bits per heavy atom. The lowest BCUT2D eigenvalue weighted by Crippen LogP contribution is -2.42. The van der Waals surface area contributed by atoms with Crippen LogP contribution in [-0.2, 0) is 9.59 Å². The van der Waals surface area contributed by atoms with Crippen molar-refractivity contribution in [2.75, 3.05) is 11.9 Å². The Balaban J connectivity index is 1.70. The van der Waals surface area contributed by atoms with Crippen LogP contribution in [0.4, 0.5) is 5.69 Å². The lowest BCUT2D eigenvalue weighted by molar-refractivity contribution is -0.130. The fraction of sp³-hybridized carbons (Fsp3) is 0.476. The zero-order valence-electron chi connectivity index (χ0n) is 16.1. The van der Waals surface area contributed by atoms with E-state index in [-0.39, 0.29) is 24.3 Å². The molecule has 0 spiro atoms. The van der Waals surface area contributed by atoms with E-state index in [9.17, 15) is 9.59 Å². The van der Waals surface area contributed by atoms with Crippen molar-refractivity contribution in [1.82, 2.24) is 4.90 Å². The number of carbonyl (C=O) groups is 2. The molecule has 5 nitrogen and oxygen atoms in total. The Bertz CT molecular complexity index is 790. The van der Waals surface area contributed by atoms with E-state index in [2.05, 4.69) is 16.9 Å². The van der Waals surface area contributed by atoms with Crippen molar-refractivity contribution < 1.29 is 9.59 Å². The van der Waals surface area contributed by atoms with Crippen LogP contribution < -0.4 is 5.32 Å². The molecule has 2 amide bonds. The molecule has 0 aromatic heterocycles. The average Bonchev–Trinajstić information content (AvgIpc) is 2.99. The third-order valence-electron chi connectivity index (χ3n) is 5.11. The van der Waals surface area contributed by atoms with Crippen molar-refractivity contribution in [2.24, 2.45) is 4.99 Å². The second-order valence-electron chi connectivity index (χ2n) is 7.23. The first kappa shape index (κ1) is 20.9. The number of amides is 2. The van der Waals surface area contributed by atoms with E-state index < -0.39 is 5.25 Å². The van der Waals surface area contributed by atoms with Crippen molar-refractivity contribution in [3.8, 4) is 0 Å². The van der Waals surface area contributed by atoms with Gasteiger partial charge in [-0.15, -0.1) is 6.58 Å². The van der Waals surface area contributed by atoms with Crippen LogP contribution >= 0.6 is 23.4 Å². The normalized spacial score (nSPS) is 21.9. The van der Waals surface area contributed by atoms with Crippen molar-refractivity contribution in [2.45, 2.75) is 56.7 Å². The standard InChI is InChI=1S/C21H26ClN3O2S/c1-3-11-23-21-25(16-7-5-4-6-8-16)20(27)18(28-21)13-19(26)24-17-12-15(22)10-9-14(17)2/h3,9-10,12,16,18H,1,4-8,11,13H2,2H3,(H,24,26)/t18-/m0/s1. The summed E-state index contributed by atoms with van der Waals surface area (Å²) < 4.78 is 0. The molecule has 1 saturated heterocycles. The number of rotatable bonds is 6. The van der Waals surface area contributed by atoms with Crippen LogP contribution in [-0.4, -0.2) is 39.7 Å². The molecule has 1 aliphatic heterocycles. The number of hydrogen-bond donors (Lipinski definition) is 1. The number of aliphatic imine (C=N–C) groups is 1. The summed E-state index contributed by atoms with van der Waals surface area (Å²) in [4.78, 5) is 32.0. The van der Waals surface area contributed by atoms with Crippen LogP contribution in [0.25, 0.3) is 0 Å². The predicted octanol–water partition coefficient (Wildman–Crippen LogP) is 4.80. The SMILES string of the molecule is C=CCN=C1S[C@@H](CC(=O)Nc2cc(Cl)ccc2C)C(=O)N1C1CCCCC1. The molecule has 150 valence electrons. The highest BCUT2D eigenvalue weighted by Gasteiger charge is 2.42. The molecule has 1 heterocycles. The highest BCUT2D eigenvalue weighted by Crippen LogP contribution is 2.35. The number of carbonyl (C=O) groups excluding carboxylic acids is 2. The molecule has 1 aliphatic carbocycles. The third-order valence-corrected chi connectivity index (χ3v) is 6.53. The van der Waals surface area contributed by atoms with Gasteiger partial charge in [0, 0.05) is 23.2 Å². The van der Waals surface area contributed by atoms with Crippen LogP contribution in [0.1, 0.15) is 44.1 Å². The highest BCUT2D eigenvalue weighted by atomic mass is 35.5. The van der Waals surface area contributed by atoms with Gasteiger partial charge < -0.3 is 5.32 Å². The summed E-state index contributed by atoms with van der Waals surface area (Å²) in [6, 6.07) is 5.57. The third kappa shape index (κ3) is 4.97. The van der Waals surface area contributed by atoms with E-state index in [4.69, 9.17) is 11.6 Å². The summed E-state index contributed by atoms with van der Waals surface area (Å²) in [6.45, 7) is 6.09. The quantitative estimate of drug-likeness (QED) is 0.674. The number of hydrogen-bond acceptors (Lipinski definition) is 4. The molecule has 1 atom stereocenters. The Hall–Kier alpha value is -1.79. The lowest BCUT2D eigenvalue weighted by atomic mass is 9.94. The van der Waals surface area contributed by atoms with E-state index >= 15 is 0 Å². The Morgan fingerprint density at radius 3 is 2.86 bits per heavy atom. The summed E-state index contributed by atoms with van der Waals surface area (Å²) in [6.07, 6.45) is 7.32. The monoisotopic (exact) mass is 419 g/mol. The summed E-state index contributed by atoms with van der Waals surface area (Å²) in [7, 11) is 0. The van der Waals surface area contributed by atoms with Crippen molar-refractivity contribution in [3.05, 3.63) is 41.4 Å². The molecule has 3 rings (SSSR count). The minimum absolute atomic E-state index is 0.00215. The van der Waals surface area contributed by atoms with Gasteiger partial charge in [0.1, 0.15) is 5.25 Å². The molecule has 2 fully saturated rings. The largest absolute Gasteiger partial charge is 0.326 e. The fourth-order valence-electron chi connectivity index (χ4n) is 3.64. The number of halogens is 1. The summed E-state index contributed by atoms with van der Waals surface area (Å²) >= 11 is 7.42. The Morgan fingerprint density at radius 1 is 1.39 bits per heavy atom. The number of nitrogens with one attached hydrogen (secondary N) is 1. The zero-order chi connectivity index (χ0) is 20.1. The molecule has 0 unspecified atom stereocenters. The van der Waals surface area contributed by atoms with Crippen LogP contribution in [0.5, 0.6) is 0 Å². The van der Waals surface area contributed by atoms with Gasteiger partial charge in [-0.05, 0) is 37.5 Å². The molecule has 1 aromatic rings. The predicted molar refractivity (Wildman–Crippen MR) is 117 cm³/mol. The Labute approximate surface area is 175 Å². The van der Waals surface area contributed by atoms with Gasteiger partial charge in [-0.3, -0.25) is 19.5 Å². The number of aryl methyl sites for hydroxylation is 1. The van der Waals surface area contributed by atoms with E-state index in [0.717, 1.165) is 36.4 Å². The van der Waals surface area contributed by atoms with Gasteiger partial charge in [-0.2, -0.15) is 0 Å². The Kier molecular flexibility index (Phi) is 7.18. The number of anilines is 1. The van der Waals surface area contributed by atoms with Gasteiger partial charge in [-0.25, -0.2) is 0 Å². The molecular weight excluding hydrogens is 394 g/mol. The molecule has 1 N–H and O–H groups in total. The first-order valence-corrected chi connectivity index (χ1v) is 11.0. The van der Waals surface area contributed by atoms with Gasteiger partial charge in [0.05, 0.1) is 6.54 Å². The minimum atomic E-state index is -0.440. The van der Waals surface area contributed by atoms with Gasteiger partial charge >= 0.3 is 0 Å². The lowest BCUT2D eigenvalue weighted by Gasteiger charge is -2.30. The molecule has 1 saturated carbocycles. The van der Waals surface area contributed by atoms with E-state index in [0.29, 0.717) is 17.3 Å². The number of thioether (sulfide) groups is 1. The molecule has 1 aromatic carbocycles. The number of benzene rings is 1. The topological polar surface area (TPSA) is 61.8 Å². The summed E-state index contributed by atoms with van der Waals surface area (Å²) in [5.74, 6) is -0.192. The van der Waals surface area contributed by atoms with Crippen LogP contribution in [0.15, 0.2) is 35.8 Å². The van der Waals surface area contributed by atoms with Gasteiger partial charge in [-0.1, -0.05) is 54.8 Å². The average molecular weight is 420 g/mol. The molecule has 0 bridgehead atoms. The summed E-state index contributed by atoms with van der Waals surface area (Å²) in [5, 5.41) is 3.74. The summed E-state index contributed by atoms with van der Waals surface area (Å²) in [5.41, 5.74) is 1.61. The smallest absolute Gasteiger partial charge is 0.242 e. The molecule has 0 radical (unpaired) electrons. The van der Waals surface area contributed by atoms with E-state index in [1.807, 2.05) is 17.9 Å². The van der Waals surface area contributed by atoms with Gasteiger partial charge in [0.2, 0.25) is 11.8 Å². The maximum absolute atomic E-state index is 13.1. The highest BCUT2D eigenvalue weighted by molar-refractivity contribution is 8.15. The second kappa shape index (κ2) is 9.61. The van der Waals surface area contributed by atoms with Crippen molar-refractivity contribution in [3.63, 3.8) is 0 Å². The first-order chi connectivity index (χ1) is 13.5. The van der Waals surface area contributed by atoms with E-state index in [1.165, 1.54) is 18.2 Å².